The summed E-state index contributed by atoms with van der Waals surface area (Å²) in [7, 11) is 0. The quantitative estimate of drug-likeness (QED) is 0.728. The monoisotopic (exact) mass is 272 g/mol. The first kappa shape index (κ1) is 15.0. The minimum absolute atomic E-state index is 0.0330. The van der Waals surface area contributed by atoms with Gasteiger partial charge < -0.3 is 10.2 Å². The zero-order valence-corrected chi connectivity index (χ0v) is 11.8. The van der Waals surface area contributed by atoms with Crippen molar-refractivity contribution in [1.29, 1.82) is 0 Å². The number of hydrogen-bond donors (Lipinski definition) is 1. The number of amides is 1. The van der Waals surface area contributed by atoms with Crippen molar-refractivity contribution in [2.75, 3.05) is 26.2 Å². The lowest BCUT2D eigenvalue weighted by Gasteiger charge is -2.17. The van der Waals surface area contributed by atoms with Crippen LogP contribution in [-0.4, -0.2) is 46.8 Å². The molecule has 0 fully saturated rings. The highest BCUT2D eigenvalue weighted by Gasteiger charge is 2.04. The number of carbonyl (C=O) groups excluding carboxylic acids is 1. The SMILES string of the molecule is CCN(CC)CCCNC(=O)Cn1cc(Cl)cn1. The Morgan fingerprint density at radius 2 is 2.22 bits per heavy atom. The minimum atomic E-state index is -0.0330. The molecule has 1 N–H and O–H groups in total. The standard InChI is InChI=1S/C12H21ClN4O/c1-3-16(4-2)7-5-6-14-12(18)10-17-9-11(13)8-15-17/h8-9H,3-7,10H2,1-2H3,(H,14,18). The van der Waals surface area contributed by atoms with Crippen LogP contribution in [0.25, 0.3) is 0 Å². The molecule has 1 aromatic rings. The average Bonchev–Trinajstić information content (AvgIpc) is 2.75. The second-order valence-electron chi connectivity index (χ2n) is 4.09. The highest BCUT2D eigenvalue weighted by molar-refractivity contribution is 6.30. The Balaban J connectivity index is 2.14. The highest BCUT2D eigenvalue weighted by atomic mass is 35.5. The number of nitrogens with one attached hydrogen (secondary N) is 1. The van der Waals surface area contributed by atoms with E-state index in [4.69, 9.17) is 11.6 Å². The predicted molar refractivity (Wildman–Crippen MR) is 72.7 cm³/mol. The maximum absolute atomic E-state index is 11.6. The van der Waals surface area contributed by atoms with Crippen molar-refractivity contribution in [1.82, 2.24) is 20.0 Å². The van der Waals surface area contributed by atoms with Crippen LogP contribution in [0.3, 0.4) is 0 Å². The largest absolute Gasteiger partial charge is 0.354 e. The van der Waals surface area contributed by atoms with Crippen molar-refractivity contribution in [2.45, 2.75) is 26.8 Å². The van der Waals surface area contributed by atoms with Gasteiger partial charge in [-0.25, -0.2) is 0 Å². The molecule has 0 radical (unpaired) electrons. The molecule has 0 spiro atoms. The van der Waals surface area contributed by atoms with Gasteiger partial charge in [0, 0.05) is 12.7 Å². The summed E-state index contributed by atoms with van der Waals surface area (Å²) in [5.74, 6) is -0.0330. The van der Waals surface area contributed by atoms with Gasteiger partial charge in [0.2, 0.25) is 5.91 Å². The molecule has 102 valence electrons. The first-order valence-corrected chi connectivity index (χ1v) is 6.70. The van der Waals surface area contributed by atoms with Crippen LogP contribution in [0.5, 0.6) is 0 Å². The van der Waals surface area contributed by atoms with Crippen LogP contribution in [0.4, 0.5) is 0 Å². The van der Waals surface area contributed by atoms with Gasteiger partial charge in [-0.15, -0.1) is 0 Å². The normalized spacial score (nSPS) is 10.9. The number of hydrogen-bond acceptors (Lipinski definition) is 3. The third-order valence-electron chi connectivity index (χ3n) is 2.78. The zero-order chi connectivity index (χ0) is 13.4. The Labute approximate surface area is 113 Å². The molecule has 0 aromatic carbocycles. The van der Waals surface area contributed by atoms with Gasteiger partial charge in [-0.3, -0.25) is 9.48 Å². The molecule has 1 aromatic heterocycles. The molecule has 6 heteroatoms. The molecule has 1 rings (SSSR count). The second kappa shape index (κ2) is 8.11. The van der Waals surface area contributed by atoms with Crippen LogP contribution in [0.1, 0.15) is 20.3 Å². The summed E-state index contributed by atoms with van der Waals surface area (Å²) < 4.78 is 1.53. The van der Waals surface area contributed by atoms with Gasteiger partial charge in [0.25, 0.3) is 0 Å². The van der Waals surface area contributed by atoms with Crippen molar-refractivity contribution in [3.63, 3.8) is 0 Å². The molecule has 0 saturated carbocycles. The number of carbonyl (C=O) groups is 1. The van der Waals surface area contributed by atoms with Crippen LogP contribution in [0.15, 0.2) is 12.4 Å². The van der Waals surface area contributed by atoms with E-state index in [1.54, 1.807) is 6.20 Å². The van der Waals surface area contributed by atoms with Crippen molar-refractivity contribution >= 4 is 17.5 Å². The number of halogens is 1. The van der Waals surface area contributed by atoms with Crippen LogP contribution < -0.4 is 5.32 Å². The zero-order valence-electron chi connectivity index (χ0n) is 11.0. The van der Waals surface area contributed by atoms with E-state index in [2.05, 4.69) is 29.2 Å². The minimum Gasteiger partial charge on any atom is -0.354 e. The summed E-state index contributed by atoms with van der Waals surface area (Å²) in [6, 6.07) is 0. The topological polar surface area (TPSA) is 50.2 Å². The van der Waals surface area contributed by atoms with Crippen LogP contribution in [0.2, 0.25) is 5.02 Å². The van der Waals surface area contributed by atoms with Gasteiger partial charge >= 0.3 is 0 Å². The average molecular weight is 273 g/mol. The lowest BCUT2D eigenvalue weighted by molar-refractivity contribution is -0.121. The van der Waals surface area contributed by atoms with Gasteiger partial charge in [0.1, 0.15) is 6.54 Å². The Kier molecular flexibility index (Phi) is 6.75. The summed E-state index contributed by atoms with van der Waals surface area (Å²) in [4.78, 5) is 13.9. The maximum atomic E-state index is 11.6. The third-order valence-corrected chi connectivity index (χ3v) is 2.97. The highest BCUT2D eigenvalue weighted by Crippen LogP contribution is 2.03. The molecular formula is C12H21ClN4O. The fourth-order valence-corrected chi connectivity index (χ4v) is 1.85. The lowest BCUT2D eigenvalue weighted by atomic mass is 10.3. The van der Waals surface area contributed by atoms with Crippen molar-refractivity contribution in [2.24, 2.45) is 0 Å². The molecule has 1 amide bonds. The molecule has 0 saturated heterocycles. The van der Waals surface area contributed by atoms with Gasteiger partial charge in [0.15, 0.2) is 0 Å². The first-order chi connectivity index (χ1) is 8.65. The molecule has 1 heterocycles. The summed E-state index contributed by atoms with van der Waals surface area (Å²) in [5, 5.41) is 7.37. The first-order valence-electron chi connectivity index (χ1n) is 6.32. The van der Waals surface area contributed by atoms with Gasteiger partial charge in [-0.1, -0.05) is 25.4 Å². The molecule has 5 nitrogen and oxygen atoms in total. The van der Waals surface area contributed by atoms with Crippen molar-refractivity contribution in [3.05, 3.63) is 17.4 Å². The van der Waals surface area contributed by atoms with Crippen molar-refractivity contribution < 1.29 is 4.79 Å². The van der Waals surface area contributed by atoms with Gasteiger partial charge in [0.05, 0.1) is 11.2 Å². The molecule has 0 unspecified atom stereocenters. The van der Waals surface area contributed by atoms with E-state index in [0.29, 0.717) is 11.6 Å². The van der Waals surface area contributed by atoms with E-state index in [1.807, 2.05) is 0 Å². The molecule has 0 bridgehead atoms. The number of aromatic nitrogens is 2. The smallest absolute Gasteiger partial charge is 0.241 e. The third kappa shape index (κ3) is 5.51. The fourth-order valence-electron chi connectivity index (χ4n) is 1.70. The van der Waals surface area contributed by atoms with Crippen molar-refractivity contribution in [3.8, 4) is 0 Å². The summed E-state index contributed by atoms with van der Waals surface area (Å²) in [5.41, 5.74) is 0. The Bertz CT molecular complexity index is 363. The van der Waals surface area contributed by atoms with Crippen LogP contribution in [0, 0.1) is 0 Å². The van der Waals surface area contributed by atoms with E-state index in [-0.39, 0.29) is 12.5 Å². The van der Waals surface area contributed by atoms with Gasteiger partial charge in [-0.2, -0.15) is 5.10 Å². The van der Waals surface area contributed by atoms with E-state index in [9.17, 15) is 4.79 Å². The molecular weight excluding hydrogens is 252 g/mol. The summed E-state index contributed by atoms with van der Waals surface area (Å²) in [6.07, 6.45) is 4.12. The summed E-state index contributed by atoms with van der Waals surface area (Å²) in [6.45, 7) is 8.32. The van der Waals surface area contributed by atoms with Gasteiger partial charge in [-0.05, 0) is 26.1 Å². The van der Waals surface area contributed by atoms with Crippen LogP contribution >= 0.6 is 11.6 Å². The molecule has 0 aliphatic rings. The molecule has 0 aliphatic heterocycles. The Morgan fingerprint density at radius 3 is 2.78 bits per heavy atom. The predicted octanol–water partition coefficient (Wildman–Crippen LogP) is 1.38. The summed E-state index contributed by atoms with van der Waals surface area (Å²) >= 11 is 5.72. The Morgan fingerprint density at radius 1 is 1.50 bits per heavy atom. The van der Waals surface area contributed by atoms with Crippen LogP contribution in [-0.2, 0) is 11.3 Å². The number of nitrogens with zero attached hydrogens (tertiary/aromatic N) is 3. The maximum Gasteiger partial charge on any atom is 0.241 e. The second-order valence-corrected chi connectivity index (χ2v) is 4.52. The number of rotatable bonds is 8. The fraction of sp³-hybridized carbons (Fsp3) is 0.667. The molecule has 0 aliphatic carbocycles. The van der Waals surface area contributed by atoms with E-state index < -0.39 is 0 Å². The van der Waals surface area contributed by atoms with E-state index in [0.717, 1.165) is 26.1 Å². The molecule has 18 heavy (non-hydrogen) atoms. The van der Waals surface area contributed by atoms with E-state index in [1.165, 1.54) is 10.9 Å². The van der Waals surface area contributed by atoms with E-state index >= 15 is 0 Å². The molecule has 0 atom stereocenters. The lowest BCUT2D eigenvalue weighted by Crippen LogP contribution is -2.31. The Hall–Kier alpha value is -1.07.